The van der Waals surface area contributed by atoms with E-state index in [4.69, 9.17) is 21.4 Å². The van der Waals surface area contributed by atoms with Gasteiger partial charge in [0, 0.05) is 0 Å². The van der Waals surface area contributed by atoms with E-state index in [0.717, 1.165) is 11.1 Å². The van der Waals surface area contributed by atoms with E-state index >= 15 is 0 Å². The van der Waals surface area contributed by atoms with Gasteiger partial charge in [0.2, 0.25) is 0 Å². The van der Waals surface area contributed by atoms with Gasteiger partial charge in [-0.25, -0.2) is 0 Å². The molecule has 16 heavy (non-hydrogen) atoms. The van der Waals surface area contributed by atoms with E-state index in [9.17, 15) is 4.79 Å². The summed E-state index contributed by atoms with van der Waals surface area (Å²) in [5, 5.41) is 9.41. The minimum absolute atomic E-state index is 0.412. The van der Waals surface area contributed by atoms with Crippen LogP contribution in [0.5, 0.6) is 5.75 Å². The fraction of sp³-hybridized carbons (Fsp3) is 0.417. The number of carboxylic acids is 1. The van der Waals surface area contributed by atoms with Gasteiger partial charge in [-0.2, -0.15) is 0 Å². The minimum Gasteiger partial charge on any atom is -0.495 e. The second kappa shape index (κ2) is 5.21. The standard InChI is InChI=1S/C12H15ClO3/c1-7-5-10(13)11(16-3)6-9(7)4-8(2)12(14)15/h5-6,8H,4H2,1-3H3,(H,14,15). The highest BCUT2D eigenvalue weighted by molar-refractivity contribution is 6.32. The van der Waals surface area contributed by atoms with Crippen LogP contribution in [0.2, 0.25) is 5.02 Å². The van der Waals surface area contributed by atoms with Crippen molar-refractivity contribution in [3.8, 4) is 5.75 Å². The lowest BCUT2D eigenvalue weighted by Crippen LogP contribution is -2.13. The number of methoxy groups -OCH3 is 1. The van der Waals surface area contributed by atoms with E-state index in [1.165, 1.54) is 0 Å². The van der Waals surface area contributed by atoms with Crippen molar-refractivity contribution in [2.24, 2.45) is 5.92 Å². The van der Waals surface area contributed by atoms with Crippen LogP contribution in [0.15, 0.2) is 12.1 Å². The third-order valence-electron chi connectivity index (χ3n) is 2.56. The van der Waals surface area contributed by atoms with Gasteiger partial charge in [-0.05, 0) is 36.6 Å². The summed E-state index contributed by atoms with van der Waals surface area (Å²) in [5.74, 6) is -0.627. The summed E-state index contributed by atoms with van der Waals surface area (Å²) in [6, 6.07) is 3.60. The maximum Gasteiger partial charge on any atom is 0.306 e. The minimum atomic E-state index is -0.798. The van der Waals surface area contributed by atoms with Gasteiger partial charge >= 0.3 is 5.97 Å². The molecule has 3 nitrogen and oxygen atoms in total. The van der Waals surface area contributed by atoms with Crippen LogP contribution in [0.25, 0.3) is 0 Å². The molecule has 0 radical (unpaired) electrons. The first-order valence-corrected chi connectivity index (χ1v) is 5.39. The molecule has 1 atom stereocenters. The molecule has 1 rings (SSSR count). The smallest absolute Gasteiger partial charge is 0.306 e. The van der Waals surface area contributed by atoms with Crippen molar-refractivity contribution in [2.75, 3.05) is 7.11 Å². The summed E-state index contributed by atoms with van der Waals surface area (Å²) in [6.07, 6.45) is 0.481. The third kappa shape index (κ3) is 2.89. The third-order valence-corrected chi connectivity index (χ3v) is 2.85. The van der Waals surface area contributed by atoms with Crippen LogP contribution in [0.3, 0.4) is 0 Å². The van der Waals surface area contributed by atoms with Crippen LogP contribution in [0.4, 0.5) is 0 Å². The zero-order chi connectivity index (χ0) is 12.3. The van der Waals surface area contributed by atoms with Crippen LogP contribution in [0.1, 0.15) is 18.1 Å². The van der Waals surface area contributed by atoms with Gasteiger partial charge in [0.15, 0.2) is 0 Å². The SMILES string of the molecule is COc1cc(CC(C)C(=O)O)c(C)cc1Cl. The Kier molecular flexibility index (Phi) is 4.19. The van der Waals surface area contributed by atoms with Crippen molar-refractivity contribution in [2.45, 2.75) is 20.3 Å². The predicted octanol–water partition coefficient (Wildman–Crippen LogP) is 2.92. The molecule has 0 aromatic heterocycles. The Labute approximate surface area is 100.0 Å². The summed E-state index contributed by atoms with van der Waals surface area (Å²) in [7, 11) is 1.54. The molecule has 1 aromatic carbocycles. The molecule has 1 N–H and O–H groups in total. The molecule has 4 heteroatoms. The molecule has 0 bridgehead atoms. The van der Waals surface area contributed by atoms with E-state index in [0.29, 0.717) is 17.2 Å². The van der Waals surface area contributed by atoms with Crippen molar-refractivity contribution in [3.63, 3.8) is 0 Å². The normalized spacial score (nSPS) is 12.2. The molecule has 0 saturated heterocycles. The maximum absolute atomic E-state index is 10.8. The Balaban J connectivity index is 3.00. The fourth-order valence-electron chi connectivity index (χ4n) is 1.49. The van der Waals surface area contributed by atoms with Crippen molar-refractivity contribution < 1.29 is 14.6 Å². The van der Waals surface area contributed by atoms with Crippen molar-refractivity contribution in [1.82, 2.24) is 0 Å². The monoisotopic (exact) mass is 242 g/mol. The number of benzene rings is 1. The highest BCUT2D eigenvalue weighted by Gasteiger charge is 2.14. The van der Waals surface area contributed by atoms with Crippen molar-refractivity contribution >= 4 is 17.6 Å². The molecule has 0 heterocycles. The average Bonchev–Trinajstić information content (AvgIpc) is 2.21. The van der Waals surface area contributed by atoms with Crippen molar-refractivity contribution in [1.29, 1.82) is 0 Å². The lowest BCUT2D eigenvalue weighted by atomic mass is 9.97. The van der Waals surface area contributed by atoms with Gasteiger partial charge in [0.05, 0.1) is 18.1 Å². The Morgan fingerprint density at radius 2 is 2.19 bits per heavy atom. The zero-order valence-electron chi connectivity index (χ0n) is 9.58. The Bertz CT molecular complexity index is 401. The first kappa shape index (κ1) is 12.8. The number of carbonyl (C=O) groups is 1. The molecular weight excluding hydrogens is 228 g/mol. The summed E-state index contributed by atoms with van der Waals surface area (Å²) in [6.45, 7) is 3.60. The van der Waals surface area contributed by atoms with Crippen LogP contribution in [-0.4, -0.2) is 18.2 Å². The van der Waals surface area contributed by atoms with Gasteiger partial charge in [0.25, 0.3) is 0 Å². The number of hydrogen-bond donors (Lipinski definition) is 1. The Hall–Kier alpha value is -1.22. The van der Waals surface area contributed by atoms with Crippen LogP contribution < -0.4 is 4.74 Å². The molecule has 0 aliphatic rings. The maximum atomic E-state index is 10.8. The topological polar surface area (TPSA) is 46.5 Å². The zero-order valence-corrected chi connectivity index (χ0v) is 10.3. The average molecular weight is 243 g/mol. The van der Waals surface area contributed by atoms with Gasteiger partial charge in [-0.15, -0.1) is 0 Å². The predicted molar refractivity (Wildman–Crippen MR) is 63.2 cm³/mol. The molecule has 88 valence electrons. The lowest BCUT2D eigenvalue weighted by molar-refractivity contribution is -0.141. The fourth-order valence-corrected chi connectivity index (χ4v) is 1.78. The number of carboxylic acid groups (broad SMARTS) is 1. The number of rotatable bonds is 4. The first-order chi connectivity index (χ1) is 7.45. The second-order valence-electron chi connectivity index (χ2n) is 3.86. The lowest BCUT2D eigenvalue weighted by Gasteiger charge is -2.12. The second-order valence-corrected chi connectivity index (χ2v) is 4.26. The number of hydrogen-bond acceptors (Lipinski definition) is 2. The van der Waals surface area contributed by atoms with E-state index in [-0.39, 0.29) is 0 Å². The van der Waals surface area contributed by atoms with Gasteiger partial charge in [-0.3, -0.25) is 4.79 Å². The van der Waals surface area contributed by atoms with Gasteiger partial charge in [0.1, 0.15) is 5.75 Å². The summed E-state index contributed by atoms with van der Waals surface area (Å²) in [5.41, 5.74) is 1.94. The van der Waals surface area contributed by atoms with Crippen LogP contribution in [-0.2, 0) is 11.2 Å². The molecule has 1 aromatic rings. The number of ether oxygens (including phenoxy) is 1. The van der Waals surface area contributed by atoms with E-state index in [1.807, 2.05) is 6.92 Å². The molecule has 0 amide bonds. The molecule has 0 aliphatic heterocycles. The summed E-state index contributed by atoms with van der Waals surface area (Å²) >= 11 is 5.96. The quantitative estimate of drug-likeness (QED) is 0.883. The number of aliphatic carboxylic acids is 1. The molecule has 0 saturated carbocycles. The molecular formula is C12H15ClO3. The van der Waals surface area contributed by atoms with Crippen LogP contribution in [0, 0.1) is 12.8 Å². The van der Waals surface area contributed by atoms with E-state index in [2.05, 4.69) is 0 Å². The van der Waals surface area contributed by atoms with Gasteiger partial charge in [-0.1, -0.05) is 18.5 Å². The molecule has 0 aliphatic carbocycles. The van der Waals surface area contributed by atoms with E-state index in [1.54, 1.807) is 26.2 Å². The summed E-state index contributed by atoms with van der Waals surface area (Å²) in [4.78, 5) is 10.8. The van der Waals surface area contributed by atoms with Crippen LogP contribution >= 0.6 is 11.6 Å². The summed E-state index contributed by atoms with van der Waals surface area (Å²) < 4.78 is 5.10. The first-order valence-electron chi connectivity index (χ1n) is 5.01. The number of halogens is 1. The Morgan fingerprint density at radius 3 is 2.69 bits per heavy atom. The number of aryl methyl sites for hydroxylation is 1. The highest BCUT2D eigenvalue weighted by Crippen LogP contribution is 2.29. The van der Waals surface area contributed by atoms with E-state index < -0.39 is 11.9 Å². The Morgan fingerprint density at radius 1 is 1.56 bits per heavy atom. The van der Waals surface area contributed by atoms with Gasteiger partial charge < -0.3 is 9.84 Å². The molecule has 0 spiro atoms. The highest BCUT2D eigenvalue weighted by atomic mass is 35.5. The largest absolute Gasteiger partial charge is 0.495 e. The molecule has 1 unspecified atom stereocenters. The van der Waals surface area contributed by atoms with Crippen molar-refractivity contribution in [3.05, 3.63) is 28.3 Å². The molecule has 0 fully saturated rings.